The summed E-state index contributed by atoms with van der Waals surface area (Å²) < 4.78 is 0. The second-order valence-electron chi connectivity index (χ2n) is 4.58. The van der Waals surface area contributed by atoms with Crippen molar-refractivity contribution in [2.75, 3.05) is 31.9 Å². The van der Waals surface area contributed by atoms with Crippen LogP contribution in [0.25, 0.3) is 0 Å². The number of rotatable bonds is 4. The Bertz CT molecular complexity index is 457. The third kappa shape index (κ3) is 3.73. The van der Waals surface area contributed by atoms with Crippen LogP contribution >= 0.6 is 11.8 Å². The molecule has 1 heterocycles. The van der Waals surface area contributed by atoms with Crippen LogP contribution in [0, 0.1) is 6.92 Å². The maximum Gasteiger partial charge on any atom is 0.233 e. The van der Waals surface area contributed by atoms with Gasteiger partial charge in [0.05, 0.1) is 5.75 Å². The Balaban J connectivity index is 1.82. The van der Waals surface area contributed by atoms with Gasteiger partial charge in [-0.15, -0.1) is 11.8 Å². The van der Waals surface area contributed by atoms with Crippen LogP contribution in [-0.4, -0.2) is 54.0 Å². The fourth-order valence-electron chi connectivity index (χ4n) is 2.03. The lowest BCUT2D eigenvalue weighted by Gasteiger charge is -2.32. The third-order valence-electron chi connectivity index (χ3n) is 3.26. The molecule has 2 rings (SSSR count). The largest absolute Gasteiger partial charge is 0.342 e. The highest BCUT2D eigenvalue weighted by molar-refractivity contribution is 8.00. The zero-order valence-electron chi connectivity index (χ0n) is 11.0. The molecule has 1 aliphatic heterocycles. The SMILES string of the molecule is Cc1ccccc1SCC(=O)N1CCN(C=O)CC1. The predicted octanol–water partition coefficient (Wildman–Crippen LogP) is 1.39. The minimum absolute atomic E-state index is 0.152. The van der Waals surface area contributed by atoms with Crippen LogP contribution < -0.4 is 0 Å². The molecule has 0 bridgehead atoms. The van der Waals surface area contributed by atoms with Crippen LogP contribution in [0.3, 0.4) is 0 Å². The van der Waals surface area contributed by atoms with E-state index < -0.39 is 0 Å². The minimum atomic E-state index is 0.152. The van der Waals surface area contributed by atoms with E-state index in [9.17, 15) is 9.59 Å². The van der Waals surface area contributed by atoms with E-state index >= 15 is 0 Å². The number of amides is 2. The highest BCUT2D eigenvalue weighted by Gasteiger charge is 2.20. The first kappa shape index (κ1) is 13.9. The second kappa shape index (κ2) is 6.61. The molecule has 1 saturated heterocycles. The van der Waals surface area contributed by atoms with E-state index in [1.807, 2.05) is 23.1 Å². The predicted molar refractivity (Wildman–Crippen MR) is 76.1 cm³/mol. The van der Waals surface area contributed by atoms with Gasteiger partial charge in [0.25, 0.3) is 0 Å². The number of aryl methyl sites for hydroxylation is 1. The maximum absolute atomic E-state index is 12.1. The lowest BCUT2D eigenvalue weighted by molar-refractivity contribution is -0.132. The monoisotopic (exact) mass is 278 g/mol. The van der Waals surface area contributed by atoms with E-state index in [1.54, 1.807) is 16.7 Å². The standard InChI is InChI=1S/C14H18N2O2S/c1-12-4-2-3-5-13(12)19-10-14(18)16-8-6-15(11-17)7-9-16/h2-5,11H,6-10H2,1H3. The van der Waals surface area contributed by atoms with Gasteiger partial charge in [-0.05, 0) is 18.6 Å². The zero-order valence-corrected chi connectivity index (χ0v) is 11.9. The van der Waals surface area contributed by atoms with Gasteiger partial charge in [0.2, 0.25) is 12.3 Å². The van der Waals surface area contributed by atoms with Crippen LogP contribution in [0.4, 0.5) is 0 Å². The van der Waals surface area contributed by atoms with Crippen LogP contribution in [0.15, 0.2) is 29.2 Å². The molecule has 0 aromatic heterocycles. The molecule has 0 spiro atoms. The number of piperazine rings is 1. The minimum Gasteiger partial charge on any atom is -0.342 e. The van der Waals surface area contributed by atoms with Gasteiger partial charge in [-0.1, -0.05) is 18.2 Å². The van der Waals surface area contributed by atoms with Gasteiger partial charge in [0.15, 0.2) is 0 Å². The van der Waals surface area contributed by atoms with Crippen molar-refractivity contribution >= 4 is 24.1 Å². The normalized spacial score (nSPS) is 15.4. The number of carbonyl (C=O) groups is 2. The summed E-state index contributed by atoms with van der Waals surface area (Å²) in [7, 11) is 0. The van der Waals surface area contributed by atoms with Crippen molar-refractivity contribution in [1.29, 1.82) is 0 Å². The lowest BCUT2D eigenvalue weighted by Crippen LogP contribution is -2.48. The van der Waals surface area contributed by atoms with Crippen molar-refractivity contribution in [1.82, 2.24) is 9.80 Å². The van der Waals surface area contributed by atoms with Gasteiger partial charge in [-0.3, -0.25) is 9.59 Å². The lowest BCUT2D eigenvalue weighted by atomic mass is 10.2. The van der Waals surface area contributed by atoms with E-state index in [-0.39, 0.29) is 5.91 Å². The Morgan fingerprint density at radius 3 is 2.58 bits per heavy atom. The van der Waals surface area contributed by atoms with Gasteiger partial charge in [0, 0.05) is 31.1 Å². The molecule has 4 nitrogen and oxygen atoms in total. The first-order valence-electron chi connectivity index (χ1n) is 6.36. The number of nitrogens with zero attached hydrogens (tertiary/aromatic N) is 2. The summed E-state index contributed by atoms with van der Waals surface area (Å²) >= 11 is 1.58. The third-order valence-corrected chi connectivity index (χ3v) is 4.42. The summed E-state index contributed by atoms with van der Waals surface area (Å²) in [5.74, 6) is 0.616. The quantitative estimate of drug-likeness (QED) is 0.617. The van der Waals surface area contributed by atoms with E-state index in [4.69, 9.17) is 0 Å². The zero-order chi connectivity index (χ0) is 13.7. The first-order chi connectivity index (χ1) is 9.20. The second-order valence-corrected chi connectivity index (χ2v) is 5.59. The summed E-state index contributed by atoms with van der Waals surface area (Å²) in [6.45, 7) is 4.63. The van der Waals surface area contributed by atoms with Crippen LogP contribution in [0.5, 0.6) is 0 Å². The van der Waals surface area contributed by atoms with Crippen LogP contribution in [0.1, 0.15) is 5.56 Å². The molecule has 0 radical (unpaired) electrons. The summed E-state index contributed by atoms with van der Waals surface area (Å²) in [5, 5.41) is 0. The molecule has 19 heavy (non-hydrogen) atoms. The molecule has 0 atom stereocenters. The highest BCUT2D eigenvalue weighted by Crippen LogP contribution is 2.22. The number of benzene rings is 1. The molecule has 102 valence electrons. The Morgan fingerprint density at radius 2 is 1.95 bits per heavy atom. The van der Waals surface area contributed by atoms with E-state index in [0.717, 1.165) is 11.3 Å². The average molecular weight is 278 g/mol. The Morgan fingerprint density at radius 1 is 1.26 bits per heavy atom. The summed E-state index contributed by atoms with van der Waals surface area (Å²) in [6.07, 6.45) is 0.851. The molecule has 1 fully saturated rings. The Hall–Kier alpha value is -1.49. The number of hydrogen-bond donors (Lipinski definition) is 0. The smallest absolute Gasteiger partial charge is 0.233 e. The van der Waals surface area contributed by atoms with E-state index in [2.05, 4.69) is 13.0 Å². The molecule has 1 aromatic rings. The molecule has 0 aliphatic carbocycles. The Kier molecular flexibility index (Phi) is 4.85. The van der Waals surface area contributed by atoms with E-state index in [0.29, 0.717) is 31.9 Å². The fourth-order valence-corrected chi connectivity index (χ4v) is 2.96. The van der Waals surface area contributed by atoms with Gasteiger partial charge < -0.3 is 9.80 Å². The van der Waals surface area contributed by atoms with Gasteiger partial charge in [-0.2, -0.15) is 0 Å². The molecule has 1 aromatic carbocycles. The number of thioether (sulfide) groups is 1. The molecular formula is C14H18N2O2S. The molecular weight excluding hydrogens is 260 g/mol. The maximum atomic E-state index is 12.1. The van der Waals surface area contributed by atoms with Crippen molar-refractivity contribution in [3.8, 4) is 0 Å². The van der Waals surface area contributed by atoms with Crippen molar-refractivity contribution in [2.24, 2.45) is 0 Å². The van der Waals surface area contributed by atoms with Crippen LogP contribution in [0.2, 0.25) is 0 Å². The molecule has 2 amide bonds. The van der Waals surface area contributed by atoms with Crippen molar-refractivity contribution in [3.63, 3.8) is 0 Å². The Labute approximate surface area is 117 Å². The molecule has 0 N–H and O–H groups in total. The molecule has 5 heteroatoms. The summed E-state index contributed by atoms with van der Waals surface area (Å²) in [6, 6.07) is 8.08. The first-order valence-corrected chi connectivity index (χ1v) is 7.35. The fraction of sp³-hybridized carbons (Fsp3) is 0.429. The molecule has 0 saturated carbocycles. The molecule has 0 unspecified atom stereocenters. The summed E-state index contributed by atoms with van der Waals surface area (Å²) in [5.41, 5.74) is 1.20. The molecule has 1 aliphatic rings. The van der Waals surface area contributed by atoms with E-state index in [1.165, 1.54) is 5.56 Å². The van der Waals surface area contributed by atoms with Gasteiger partial charge >= 0.3 is 0 Å². The van der Waals surface area contributed by atoms with Crippen molar-refractivity contribution in [2.45, 2.75) is 11.8 Å². The van der Waals surface area contributed by atoms with Crippen molar-refractivity contribution < 1.29 is 9.59 Å². The average Bonchev–Trinajstić information content (AvgIpc) is 2.46. The topological polar surface area (TPSA) is 40.6 Å². The number of carbonyl (C=O) groups excluding carboxylic acids is 2. The number of hydrogen-bond acceptors (Lipinski definition) is 3. The highest BCUT2D eigenvalue weighted by atomic mass is 32.2. The van der Waals surface area contributed by atoms with Gasteiger partial charge in [-0.25, -0.2) is 0 Å². The van der Waals surface area contributed by atoms with Crippen molar-refractivity contribution in [3.05, 3.63) is 29.8 Å². The van der Waals surface area contributed by atoms with Gasteiger partial charge in [0.1, 0.15) is 0 Å². The van der Waals surface area contributed by atoms with Crippen LogP contribution in [-0.2, 0) is 9.59 Å². The summed E-state index contributed by atoms with van der Waals surface area (Å²) in [4.78, 5) is 27.4.